The molecule has 27 heavy (non-hydrogen) atoms. The third kappa shape index (κ3) is 2.65. The molecular formula is C22H13BrFNOS. The fourth-order valence-corrected chi connectivity index (χ4v) is 5.30. The molecule has 2 aliphatic rings. The van der Waals surface area contributed by atoms with Gasteiger partial charge in [0, 0.05) is 31.6 Å². The predicted molar refractivity (Wildman–Crippen MR) is 110 cm³/mol. The van der Waals surface area contributed by atoms with E-state index >= 15 is 0 Å². The Balaban J connectivity index is 1.78. The van der Waals surface area contributed by atoms with Gasteiger partial charge in [0.15, 0.2) is 5.78 Å². The van der Waals surface area contributed by atoms with Gasteiger partial charge in [-0.2, -0.15) is 0 Å². The first-order valence-corrected chi connectivity index (χ1v) is 10.2. The highest BCUT2D eigenvalue weighted by Crippen LogP contribution is 2.52. The van der Waals surface area contributed by atoms with Gasteiger partial charge in [0.1, 0.15) is 5.82 Å². The number of para-hydroxylation sites is 1. The first-order valence-electron chi connectivity index (χ1n) is 8.49. The average molecular weight is 438 g/mol. The molecule has 132 valence electrons. The first-order chi connectivity index (χ1) is 13.1. The SMILES string of the molecule is O=C1C2=C(Nc3ccccc3S[C@@H]2c2cc(Br)ccc2F)c2ccccc21. The number of hydrogen-bond acceptors (Lipinski definition) is 3. The van der Waals surface area contributed by atoms with Crippen LogP contribution in [-0.2, 0) is 0 Å². The lowest BCUT2D eigenvalue weighted by Gasteiger charge is -2.18. The number of Topliss-reactive ketones (excluding diaryl/α,β-unsaturated/α-hetero) is 1. The monoisotopic (exact) mass is 437 g/mol. The van der Waals surface area contributed by atoms with Crippen LogP contribution in [0.3, 0.4) is 0 Å². The summed E-state index contributed by atoms with van der Waals surface area (Å²) in [7, 11) is 0. The third-order valence-electron chi connectivity index (χ3n) is 4.85. The van der Waals surface area contributed by atoms with Crippen LogP contribution in [0.2, 0.25) is 0 Å². The number of hydrogen-bond donors (Lipinski definition) is 1. The summed E-state index contributed by atoms with van der Waals surface area (Å²) < 4.78 is 15.6. The standard InChI is InChI=1S/C22H13BrFNOS/c23-12-9-10-16(24)15(11-12)22-19-20(13-5-1-2-6-14(13)21(19)26)25-17-7-3-4-8-18(17)27-22/h1-11,22,25H/t22-/m1/s1. The van der Waals surface area contributed by atoms with Gasteiger partial charge in [0.2, 0.25) is 0 Å². The van der Waals surface area contributed by atoms with E-state index in [2.05, 4.69) is 21.2 Å². The number of anilines is 1. The Labute approximate surface area is 168 Å². The summed E-state index contributed by atoms with van der Waals surface area (Å²) in [5.41, 5.74) is 4.34. The number of ketones is 1. The molecule has 0 saturated heterocycles. The zero-order valence-corrected chi connectivity index (χ0v) is 16.4. The number of halogens is 2. The fraction of sp³-hybridized carbons (Fsp3) is 0.0455. The van der Waals surface area contributed by atoms with E-state index in [1.165, 1.54) is 17.8 Å². The lowest BCUT2D eigenvalue weighted by atomic mass is 10.0. The molecule has 0 saturated carbocycles. The molecule has 0 radical (unpaired) electrons. The average Bonchev–Trinajstić information content (AvgIpc) is 2.85. The lowest BCUT2D eigenvalue weighted by Crippen LogP contribution is -2.09. The smallest absolute Gasteiger partial charge is 0.193 e. The summed E-state index contributed by atoms with van der Waals surface area (Å²) in [6.07, 6.45) is 0. The van der Waals surface area contributed by atoms with Gasteiger partial charge in [0.25, 0.3) is 0 Å². The Morgan fingerprint density at radius 3 is 2.56 bits per heavy atom. The van der Waals surface area contributed by atoms with Crippen molar-refractivity contribution >= 4 is 44.9 Å². The Morgan fingerprint density at radius 1 is 0.963 bits per heavy atom. The van der Waals surface area contributed by atoms with Crippen LogP contribution in [0, 0.1) is 5.82 Å². The van der Waals surface area contributed by atoms with Gasteiger partial charge in [0.05, 0.1) is 16.6 Å². The quantitative estimate of drug-likeness (QED) is 0.473. The van der Waals surface area contributed by atoms with Crippen LogP contribution in [0.5, 0.6) is 0 Å². The molecule has 1 heterocycles. The molecule has 0 amide bonds. The highest BCUT2D eigenvalue weighted by Gasteiger charge is 2.38. The molecule has 5 heteroatoms. The van der Waals surface area contributed by atoms with Crippen molar-refractivity contribution in [2.24, 2.45) is 0 Å². The Hall–Kier alpha value is -2.37. The van der Waals surface area contributed by atoms with Crippen molar-refractivity contribution < 1.29 is 9.18 Å². The summed E-state index contributed by atoms with van der Waals surface area (Å²) >= 11 is 4.94. The van der Waals surface area contributed by atoms with Gasteiger partial charge < -0.3 is 5.32 Å². The molecule has 0 bridgehead atoms. The van der Waals surface area contributed by atoms with E-state index in [0.29, 0.717) is 16.7 Å². The van der Waals surface area contributed by atoms with Crippen molar-refractivity contribution in [3.05, 3.63) is 99.3 Å². The molecule has 2 nitrogen and oxygen atoms in total. The molecule has 0 aromatic heterocycles. The Kier molecular flexibility index (Phi) is 3.95. The summed E-state index contributed by atoms with van der Waals surface area (Å²) in [5, 5.41) is 3.01. The number of nitrogens with one attached hydrogen (secondary N) is 1. The number of fused-ring (bicyclic) bond motifs is 3. The molecule has 1 aliphatic heterocycles. The summed E-state index contributed by atoms with van der Waals surface area (Å²) in [5.74, 6) is -0.358. The number of rotatable bonds is 1. The van der Waals surface area contributed by atoms with Gasteiger partial charge >= 0.3 is 0 Å². The maximum absolute atomic E-state index is 14.8. The second-order valence-electron chi connectivity index (χ2n) is 6.45. The van der Waals surface area contributed by atoms with E-state index in [4.69, 9.17) is 0 Å². The normalized spacial score (nSPS) is 17.7. The molecular weight excluding hydrogens is 425 g/mol. The van der Waals surface area contributed by atoms with E-state index in [9.17, 15) is 9.18 Å². The van der Waals surface area contributed by atoms with E-state index in [1.54, 1.807) is 12.1 Å². The van der Waals surface area contributed by atoms with Crippen LogP contribution >= 0.6 is 27.7 Å². The second kappa shape index (κ2) is 6.36. The van der Waals surface area contributed by atoms with Crippen molar-refractivity contribution in [3.63, 3.8) is 0 Å². The topological polar surface area (TPSA) is 29.1 Å². The molecule has 0 unspecified atom stereocenters. The first kappa shape index (κ1) is 16.8. The van der Waals surface area contributed by atoms with E-state index in [-0.39, 0.29) is 11.6 Å². The number of carbonyl (C=O) groups is 1. The van der Waals surface area contributed by atoms with Gasteiger partial charge in [-0.3, -0.25) is 4.79 Å². The van der Waals surface area contributed by atoms with Crippen LogP contribution < -0.4 is 5.32 Å². The van der Waals surface area contributed by atoms with Crippen molar-refractivity contribution in [3.8, 4) is 0 Å². The number of thioether (sulfide) groups is 1. The Bertz CT molecular complexity index is 1140. The molecule has 1 atom stereocenters. The third-order valence-corrected chi connectivity index (χ3v) is 6.68. The molecule has 1 N–H and O–H groups in total. The van der Waals surface area contributed by atoms with E-state index < -0.39 is 5.25 Å². The van der Waals surface area contributed by atoms with Crippen LogP contribution in [0.4, 0.5) is 10.1 Å². The highest BCUT2D eigenvalue weighted by atomic mass is 79.9. The zero-order chi connectivity index (χ0) is 18.5. The number of benzene rings is 3. The van der Waals surface area contributed by atoms with Gasteiger partial charge in [-0.15, -0.1) is 11.8 Å². The lowest BCUT2D eigenvalue weighted by molar-refractivity contribution is 0.103. The van der Waals surface area contributed by atoms with Gasteiger partial charge in [-0.25, -0.2) is 4.39 Å². The predicted octanol–water partition coefficient (Wildman–Crippen LogP) is 6.45. The van der Waals surface area contributed by atoms with Crippen molar-refractivity contribution in [2.45, 2.75) is 10.1 Å². The van der Waals surface area contributed by atoms with Crippen molar-refractivity contribution in [1.82, 2.24) is 0 Å². The summed E-state index contributed by atoms with van der Waals surface area (Å²) in [6.45, 7) is 0. The van der Waals surface area contributed by atoms with E-state index in [0.717, 1.165) is 26.3 Å². The maximum Gasteiger partial charge on any atom is 0.193 e. The molecule has 3 aromatic carbocycles. The summed E-state index contributed by atoms with van der Waals surface area (Å²) in [6, 6.07) is 20.3. The minimum absolute atomic E-state index is 0.0437. The zero-order valence-electron chi connectivity index (χ0n) is 14.0. The van der Waals surface area contributed by atoms with Crippen molar-refractivity contribution in [1.29, 1.82) is 0 Å². The van der Waals surface area contributed by atoms with Crippen LogP contribution in [0.25, 0.3) is 5.70 Å². The maximum atomic E-state index is 14.8. The van der Waals surface area contributed by atoms with E-state index in [1.807, 2.05) is 48.5 Å². The molecule has 5 rings (SSSR count). The minimum atomic E-state index is -0.437. The Morgan fingerprint density at radius 2 is 1.70 bits per heavy atom. The summed E-state index contributed by atoms with van der Waals surface area (Å²) in [4.78, 5) is 14.3. The van der Waals surface area contributed by atoms with Gasteiger partial charge in [-0.05, 0) is 30.3 Å². The molecule has 0 spiro atoms. The van der Waals surface area contributed by atoms with Crippen LogP contribution in [0.15, 0.2) is 81.7 Å². The number of carbonyl (C=O) groups excluding carboxylic acids is 1. The minimum Gasteiger partial charge on any atom is -0.354 e. The van der Waals surface area contributed by atoms with Gasteiger partial charge in [-0.1, -0.05) is 52.3 Å². The van der Waals surface area contributed by atoms with Crippen LogP contribution in [-0.4, -0.2) is 5.78 Å². The largest absolute Gasteiger partial charge is 0.354 e. The molecule has 1 aliphatic carbocycles. The molecule has 3 aromatic rings. The fourth-order valence-electron chi connectivity index (χ4n) is 3.62. The second-order valence-corrected chi connectivity index (χ2v) is 8.51. The van der Waals surface area contributed by atoms with Crippen LogP contribution in [0.1, 0.15) is 26.7 Å². The van der Waals surface area contributed by atoms with Crippen molar-refractivity contribution in [2.75, 3.05) is 5.32 Å². The molecule has 0 fully saturated rings. The highest BCUT2D eigenvalue weighted by molar-refractivity contribution is 9.10.